The summed E-state index contributed by atoms with van der Waals surface area (Å²) in [6.45, 7) is 0. The predicted octanol–water partition coefficient (Wildman–Crippen LogP) is 1.63. The first-order valence-corrected chi connectivity index (χ1v) is 4.85. The number of benzene rings is 1. The fraction of sp³-hybridized carbons (Fsp3) is 0. The predicted molar refractivity (Wildman–Crippen MR) is 62.8 cm³/mol. The second-order valence-electron chi connectivity index (χ2n) is 3.33. The summed E-state index contributed by atoms with van der Waals surface area (Å²) in [5.41, 5.74) is 3.04. The van der Waals surface area contributed by atoms with Gasteiger partial charge in [0.05, 0.1) is 4.92 Å². The lowest BCUT2D eigenvalue weighted by Crippen LogP contribution is -2.12. The van der Waals surface area contributed by atoms with Crippen molar-refractivity contribution >= 4 is 11.4 Å². The van der Waals surface area contributed by atoms with Gasteiger partial charge < -0.3 is 0 Å². The number of nitrogens with one attached hydrogen (secondary N) is 1. The van der Waals surface area contributed by atoms with E-state index in [2.05, 4.69) is 5.43 Å². The lowest BCUT2D eigenvalue weighted by molar-refractivity contribution is -0.384. The quantitative estimate of drug-likeness (QED) is 0.643. The molecule has 0 saturated carbocycles. The van der Waals surface area contributed by atoms with Crippen LogP contribution in [0.3, 0.4) is 0 Å². The molecular formula is C11H9N3O3. The molecule has 0 saturated heterocycles. The van der Waals surface area contributed by atoms with E-state index in [-0.39, 0.29) is 11.1 Å². The molecule has 6 nitrogen and oxygen atoms in total. The van der Waals surface area contributed by atoms with Gasteiger partial charge >= 0.3 is 0 Å². The highest BCUT2D eigenvalue weighted by Crippen LogP contribution is 2.22. The molecule has 1 aromatic heterocycles. The monoisotopic (exact) mass is 231 g/mol. The van der Waals surface area contributed by atoms with Gasteiger partial charge in [0, 0.05) is 30.6 Å². The van der Waals surface area contributed by atoms with Gasteiger partial charge in [-0.1, -0.05) is 12.1 Å². The highest BCUT2D eigenvalue weighted by Gasteiger charge is 2.11. The Morgan fingerprint density at radius 1 is 1.12 bits per heavy atom. The van der Waals surface area contributed by atoms with Crippen molar-refractivity contribution in [3.63, 3.8) is 0 Å². The number of rotatable bonds is 3. The maximum atomic E-state index is 10.9. The molecule has 0 fully saturated rings. The molecule has 0 atom stereocenters. The molecule has 0 spiro atoms. The molecule has 86 valence electrons. The van der Waals surface area contributed by atoms with Crippen molar-refractivity contribution in [1.29, 1.82) is 0 Å². The Balaban J connectivity index is 2.33. The SMILES string of the molecule is O=c1ccn(Nc2ccccc2[N+](=O)[O-])cc1. The summed E-state index contributed by atoms with van der Waals surface area (Å²) in [5, 5.41) is 10.8. The van der Waals surface area contributed by atoms with Crippen LogP contribution in [0.2, 0.25) is 0 Å². The minimum atomic E-state index is -0.467. The van der Waals surface area contributed by atoms with Crippen LogP contribution in [-0.2, 0) is 0 Å². The van der Waals surface area contributed by atoms with Gasteiger partial charge in [0.1, 0.15) is 5.69 Å². The highest BCUT2D eigenvalue weighted by molar-refractivity contribution is 5.60. The number of nitro benzene ring substituents is 1. The number of hydrogen-bond acceptors (Lipinski definition) is 4. The van der Waals surface area contributed by atoms with Crippen LogP contribution in [0.1, 0.15) is 0 Å². The molecule has 1 heterocycles. The molecule has 2 aromatic rings. The number of para-hydroxylation sites is 2. The van der Waals surface area contributed by atoms with Gasteiger partial charge in [0.15, 0.2) is 5.43 Å². The molecule has 0 radical (unpaired) electrons. The topological polar surface area (TPSA) is 77.2 Å². The van der Waals surface area contributed by atoms with Crippen molar-refractivity contribution in [2.45, 2.75) is 0 Å². The summed E-state index contributed by atoms with van der Waals surface area (Å²) in [6.07, 6.45) is 3.00. The normalized spacial score (nSPS) is 9.88. The van der Waals surface area contributed by atoms with Crippen LogP contribution >= 0.6 is 0 Å². The summed E-state index contributed by atoms with van der Waals surface area (Å²) in [5.74, 6) is 0. The molecule has 0 amide bonds. The van der Waals surface area contributed by atoms with Crippen LogP contribution in [0.15, 0.2) is 53.6 Å². The number of aromatic nitrogens is 1. The number of anilines is 1. The van der Waals surface area contributed by atoms with E-state index in [0.717, 1.165) is 0 Å². The molecule has 2 rings (SSSR count). The van der Waals surface area contributed by atoms with E-state index in [0.29, 0.717) is 5.69 Å². The Kier molecular flexibility index (Phi) is 2.87. The Morgan fingerprint density at radius 2 is 1.76 bits per heavy atom. The van der Waals surface area contributed by atoms with Gasteiger partial charge in [-0.3, -0.25) is 25.0 Å². The average molecular weight is 231 g/mol. The zero-order chi connectivity index (χ0) is 12.3. The zero-order valence-corrected chi connectivity index (χ0v) is 8.74. The van der Waals surface area contributed by atoms with Crippen molar-refractivity contribution in [3.05, 3.63) is 69.1 Å². The van der Waals surface area contributed by atoms with E-state index >= 15 is 0 Å². The highest BCUT2D eigenvalue weighted by atomic mass is 16.6. The smallest absolute Gasteiger partial charge is 0.290 e. The average Bonchev–Trinajstić information content (AvgIpc) is 2.32. The number of pyridine rings is 1. The standard InChI is InChI=1S/C11H9N3O3/c15-9-5-7-13(8-6-9)12-10-3-1-2-4-11(10)14(16)17/h1-8,12H. The molecular weight excluding hydrogens is 222 g/mol. The minimum absolute atomic E-state index is 0.0220. The third kappa shape index (κ3) is 2.49. The van der Waals surface area contributed by atoms with E-state index in [9.17, 15) is 14.9 Å². The molecule has 17 heavy (non-hydrogen) atoms. The second kappa shape index (κ2) is 4.48. The van der Waals surface area contributed by atoms with Gasteiger partial charge in [0.2, 0.25) is 0 Å². The van der Waals surface area contributed by atoms with Crippen molar-refractivity contribution in [3.8, 4) is 0 Å². The van der Waals surface area contributed by atoms with Crippen LogP contribution in [0, 0.1) is 10.1 Å². The summed E-state index contributed by atoms with van der Waals surface area (Å²) < 4.78 is 1.48. The summed E-state index contributed by atoms with van der Waals surface area (Å²) in [7, 11) is 0. The van der Waals surface area contributed by atoms with Gasteiger partial charge in [-0.05, 0) is 6.07 Å². The van der Waals surface area contributed by atoms with E-state index in [1.165, 1.54) is 35.3 Å². The molecule has 0 unspecified atom stereocenters. The summed E-state index contributed by atoms with van der Waals surface area (Å²) in [6, 6.07) is 9.01. The zero-order valence-electron chi connectivity index (χ0n) is 8.74. The van der Waals surface area contributed by atoms with Crippen LogP contribution in [0.4, 0.5) is 11.4 Å². The Morgan fingerprint density at radius 3 is 2.41 bits per heavy atom. The third-order valence-corrected chi connectivity index (χ3v) is 2.15. The van der Waals surface area contributed by atoms with Gasteiger partial charge in [-0.2, -0.15) is 0 Å². The molecule has 0 aliphatic carbocycles. The maximum absolute atomic E-state index is 10.9. The molecule has 6 heteroatoms. The van der Waals surface area contributed by atoms with Crippen LogP contribution in [0.5, 0.6) is 0 Å². The Labute approximate surface area is 96.3 Å². The molecule has 1 aromatic carbocycles. The van der Waals surface area contributed by atoms with Crippen LogP contribution in [0.25, 0.3) is 0 Å². The lowest BCUT2D eigenvalue weighted by atomic mass is 10.3. The van der Waals surface area contributed by atoms with Gasteiger partial charge in [-0.25, -0.2) is 0 Å². The molecule has 0 aliphatic rings. The molecule has 0 aliphatic heterocycles. The first-order chi connectivity index (χ1) is 8.16. The fourth-order valence-electron chi connectivity index (χ4n) is 1.35. The first-order valence-electron chi connectivity index (χ1n) is 4.85. The van der Waals surface area contributed by atoms with Crippen molar-refractivity contribution < 1.29 is 4.92 Å². The van der Waals surface area contributed by atoms with Crippen molar-refractivity contribution in [2.24, 2.45) is 0 Å². The maximum Gasteiger partial charge on any atom is 0.294 e. The third-order valence-electron chi connectivity index (χ3n) is 2.15. The number of nitrogens with zero attached hydrogens (tertiary/aromatic N) is 2. The van der Waals surface area contributed by atoms with Crippen molar-refractivity contribution in [2.75, 3.05) is 5.43 Å². The molecule has 0 bridgehead atoms. The Bertz CT molecular complexity index is 586. The number of nitro groups is 1. The van der Waals surface area contributed by atoms with Crippen LogP contribution in [-0.4, -0.2) is 9.60 Å². The minimum Gasteiger partial charge on any atom is -0.290 e. The van der Waals surface area contributed by atoms with Gasteiger partial charge in [0.25, 0.3) is 5.69 Å². The van der Waals surface area contributed by atoms with E-state index in [1.54, 1.807) is 18.2 Å². The van der Waals surface area contributed by atoms with Gasteiger partial charge in [-0.15, -0.1) is 0 Å². The molecule has 1 N–H and O–H groups in total. The van der Waals surface area contributed by atoms with E-state index in [4.69, 9.17) is 0 Å². The van der Waals surface area contributed by atoms with E-state index in [1.807, 2.05) is 0 Å². The van der Waals surface area contributed by atoms with Crippen LogP contribution < -0.4 is 10.9 Å². The summed E-state index contributed by atoms with van der Waals surface area (Å²) >= 11 is 0. The second-order valence-corrected chi connectivity index (χ2v) is 3.33. The van der Waals surface area contributed by atoms with Crippen molar-refractivity contribution in [1.82, 2.24) is 4.68 Å². The Hall–Kier alpha value is -2.63. The van der Waals surface area contributed by atoms with E-state index < -0.39 is 4.92 Å². The fourth-order valence-corrected chi connectivity index (χ4v) is 1.35. The lowest BCUT2D eigenvalue weighted by Gasteiger charge is -2.09. The number of hydrogen-bond donors (Lipinski definition) is 1. The summed E-state index contributed by atoms with van der Waals surface area (Å²) in [4.78, 5) is 21.2. The first kappa shape index (κ1) is 10.9. The largest absolute Gasteiger partial charge is 0.294 e.